The van der Waals surface area contributed by atoms with E-state index in [1.807, 2.05) is 25.1 Å². The maximum Gasteiger partial charge on any atom is 0.205 e. The second-order valence-electron chi connectivity index (χ2n) is 3.59. The summed E-state index contributed by atoms with van der Waals surface area (Å²) in [4.78, 5) is 12.0. The number of Topliss-reactive ketones (excluding diaryl/α,β-unsaturated/α-hetero) is 1. The summed E-state index contributed by atoms with van der Waals surface area (Å²) in [6.45, 7) is 1.93. The lowest BCUT2D eigenvalue weighted by molar-refractivity contribution is 0.103. The number of carbonyl (C=O) groups is 1. The first kappa shape index (κ1) is 13.9. The zero-order valence-corrected chi connectivity index (χ0v) is 11.0. The standard InChI is InChI=1S/C13H13N3OS/c1-9-3-5-10(6-4-9)12(17)11(7-14)8-16-13(18)15-2/h3-6,8H,1-2H3,(H2,15,16,18). The summed E-state index contributed by atoms with van der Waals surface area (Å²) in [5.74, 6) is -0.330. The van der Waals surface area contributed by atoms with Crippen LogP contribution < -0.4 is 10.6 Å². The molecule has 92 valence electrons. The predicted octanol–water partition coefficient (Wildman–Crippen LogP) is 1.68. The van der Waals surface area contributed by atoms with Gasteiger partial charge in [0.1, 0.15) is 11.6 Å². The van der Waals surface area contributed by atoms with Crippen LogP contribution in [-0.2, 0) is 0 Å². The lowest BCUT2D eigenvalue weighted by Gasteiger charge is -2.03. The van der Waals surface area contributed by atoms with Crippen molar-refractivity contribution < 1.29 is 4.79 Å². The molecule has 0 unspecified atom stereocenters. The van der Waals surface area contributed by atoms with Crippen molar-refractivity contribution in [2.75, 3.05) is 7.05 Å². The van der Waals surface area contributed by atoms with Crippen molar-refractivity contribution in [3.8, 4) is 6.07 Å². The van der Waals surface area contributed by atoms with E-state index in [0.717, 1.165) is 5.56 Å². The molecule has 0 radical (unpaired) electrons. The van der Waals surface area contributed by atoms with Gasteiger partial charge in [-0.1, -0.05) is 29.8 Å². The fourth-order valence-corrected chi connectivity index (χ4v) is 1.28. The van der Waals surface area contributed by atoms with Gasteiger partial charge >= 0.3 is 0 Å². The Morgan fingerprint density at radius 1 is 1.39 bits per heavy atom. The van der Waals surface area contributed by atoms with Gasteiger partial charge in [-0.3, -0.25) is 4.79 Å². The van der Waals surface area contributed by atoms with Crippen molar-refractivity contribution in [3.05, 3.63) is 47.2 Å². The topological polar surface area (TPSA) is 64.9 Å². The van der Waals surface area contributed by atoms with Crippen molar-refractivity contribution >= 4 is 23.1 Å². The number of ketones is 1. The number of carbonyl (C=O) groups excluding carboxylic acids is 1. The Balaban J connectivity index is 2.90. The van der Waals surface area contributed by atoms with E-state index in [1.165, 1.54) is 6.20 Å². The van der Waals surface area contributed by atoms with E-state index in [9.17, 15) is 4.79 Å². The van der Waals surface area contributed by atoms with Crippen LogP contribution in [0.25, 0.3) is 0 Å². The number of nitrogens with zero attached hydrogens (tertiary/aromatic N) is 1. The molecule has 0 atom stereocenters. The van der Waals surface area contributed by atoms with Gasteiger partial charge in [0.25, 0.3) is 0 Å². The highest BCUT2D eigenvalue weighted by molar-refractivity contribution is 7.80. The van der Waals surface area contributed by atoms with Crippen molar-refractivity contribution in [1.29, 1.82) is 5.26 Å². The molecule has 0 saturated heterocycles. The summed E-state index contributed by atoms with van der Waals surface area (Å²) in [6.07, 6.45) is 1.31. The van der Waals surface area contributed by atoms with Crippen LogP contribution in [0.2, 0.25) is 0 Å². The molecule has 2 N–H and O–H groups in total. The van der Waals surface area contributed by atoms with Crippen LogP contribution >= 0.6 is 12.2 Å². The van der Waals surface area contributed by atoms with Gasteiger partial charge in [0.2, 0.25) is 5.78 Å². The minimum absolute atomic E-state index is 0.0106. The maximum absolute atomic E-state index is 12.0. The summed E-state index contributed by atoms with van der Waals surface area (Å²) in [7, 11) is 1.65. The number of benzene rings is 1. The number of allylic oxidation sites excluding steroid dienone is 1. The van der Waals surface area contributed by atoms with Crippen LogP contribution in [0, 0.1) is 18.3 Å². The molecule has 1 rings (SSSR count). The minimum Gasteiger partial charge on any atom is -0.366 e. The van der Waals surface area contributed by atoms with Gasteiger partial charge in [-0.25, -0.2) is 0 Å². The van der Waals surface area contributed by atoms with Crippen LogP contribution in [0.15, 0.2) is 36.0 Å². The molecule has 0 aliphatic rings. The molecule has 0 fully saturated rings. The first-order valence-corrected chi connectivity index (χ1v) is 5.69. The van der Waals surface area contributed by atoms with E-state index in [4.69, 9.17) is 17.5 Å². The number of thiocarbonyl (C=S) groups is 1. The normalized spacial score (nSPS) is 10.4. The third-order valence-corrected chi connectivity index (χ3v) is 2.58. The van der Waals surface area contributed by atoms with Crippen molar-refractivity contribution in [1.82, 2.24) is 10.6 Å². The van der Waals surface area contributed by atoms with Gasteiger partial charge in [-0.05, 0) is 19.1 Å². The lowest BCUT2D eigenvalue weighted by Crippen LogP contribution is -2.29. The van der Waals surface area contributed by atoms with Gasteiger partial charge in [0.15, 0.2) is 5.11 Å². The molecule has 0 saturated carbocycles. The molecule has 1 aromatic rings. The summed E-state index contributed by atoms with van der Waals surface area (Å²) < 4.78 is 0. The molecular formula is C13H13N3OS. The summed E-state index contributed by atoms with van der Waals surface area (Å²) in [6, 6.07) is 8.90. The molecule has 0 spiro atoms. The van der Waals surface area contributed by atoms with Crippen molar-refractivity contribution in [2.45, 2.75) is 6.92 Å². The number of aryl methyl sites for hydroxylation is 1. The molecule has 18 heavy (non-hydrogen) atoms. The Bertz CT molecular complexity index is 526. The first-order valence-electron chi connectivity index (χ1n) is 5.28. The highest BCUT2D eigenvalue weighted by atomic mass is 32.1. The molecule has 0 amide bonds. The Hall–Kier alpha value is -2.19. The Morgan fingerprint density at radius 3 is 2.50 bits per heavy atom. The Kier molecular flexibility index (Phi) is 5.03. The number of nitrogens with one attached hydrogen (secondary N) is 2. The predicted molar refractivity (Wildman–Crippen MR) is 74.0 cm³/mol. The zero-order chi connectivity index (χ0) is 13.5. The summed E-state index contributed by atoms with van der Waals surface area (Å²) in [5, 5.41) is 14.6. The summed E-state index contributed by atoms with van der Waals surface area (Å²) >= 11 is 4.85. The van der Waals surface area contributed by atoms with E-state index in [-0.39, 0.29) is 11.4 Å². The molecule has 4 nitrogen and oxygen atoms in total. The lowest BCUT2D eigenvalue weighted by atomic mass is 10.0. The third-order valence-electron chi connectivity index (χ3n) is 2.25. The van der Waals surface area contributed by atoms with E-state index in [0.29, 0.717) is 10.7 Å². The molecule has 0 heterocycles. The first-order chi connectivity index (χ1) is 8.58. The molecule has 1 aromatic carbocycles. The number of nitriles is 1. The Morgan fingerprint density at radius 2 is 2.00 bits per heavy atom. The zero-order valence-electron chi connectivity index (χ0n) is 10.2. The SMILES string of the molecule is CNC(=S)NC=C(C#N)C(=O)c1ccc(C)cc1. The average molecular weight is 259 g/mol. The number of hydrogen-bond donors (Lipinski definition) is 2. The van der Waals surface area contributed by atoms with Gasteiger partial charge in [-0.15, -0.1) is 0 Å². The highest BCUT2D eigenvalue weighted by Gasteiger charge is 2.11. The molecule has 5 heteroatoms. The van der Waals surface area contributed by atoms with Crippen LogP contribution in [0.3, 0.4) is 0 Å². The third kappa shape index (κ3) is 3.68. The van der Waals surface area contributed by atoms with Gasteiger partial charge < -0.3 is 10.6 Å². The van der Waals surface area contributed by atoms with Crippen molar-refractivity contribution in [3.63, 3.8) is 0 Å². The van der Waals surface area contributed by atoms with E-state index < -0.39 is 0 Å². The van der Waals surface area contributed by atoms with Crippen LogP contribution in [0.5, 0.6) is 0 Å². The van der Waals surface area contributed by atoms with E-state index in [2.05, 4.69) is 10.6 Å². The molecule has 0 aromatic heterocycles. The smallest absolute Gasteiger partial charge is 0.205 e. The van der Waals surface area contributed by atoms with Crippen LogP contribution in [0.4, 0.5) is 0 Å². The van der Waals surface area contributed by atoms with Crippen molar-refractivity contribution in [2.24, 2.45) is 0 Å². The molecular weight excluding hydrogens is 246 g/mol. The monoisotopic (exact) mass is 259 g/mol. The molecule has 0 aliphatic carbocycles. The fraction of sp³-hybridized carbons (Fsp3) is 0.154. The maximum atomic E-state index is 12.0. The number of rotatable bonds is 3. The van der Waals surface area contributed by atoms with E-state index in [1.54, 1.807) is 19.2 Å². The van der Waals surface area contributed by atoms with Gasteiger partial charge in [-0.2, -0.15) is 5.26 Å². The average Bonchev–Trinajstić information content (AvgIpc) is 2.39. The molecule has 0 bridgehead atoms. The quantitative estimate of drug-likeness (QED) is 0.374. The van der Waals surface area contributed by atoms with Gasteiger partial charge in [0, 0.05) is 18.8 Å². The van der Waals surface area contributed by atoms with E-state index >= 15 is 0 Å². The summed E-state index contributed by atoms with van der Waals surface area (Å²) in [5.41, 5.74) is 1.55. The number of hydrogen-bond acceptors (Lipinski definition) is 3. The highest BCUT2D eigenvalue weighted by Crippen LogP contribution is 2.08. The van der Waals surface area contributed by atoms with Gasteiger partial charge in [0.05, 0.1) is 0 Å². The second kappa shape index (κ2) is 6.52. The van der Waals surface area contributed by atoms with Crippen LogP contribution in [-0.4, -0.2) is 17.9 Å². The van der Waals surface area contributed by atoms with Crippen LogP contribution in [0.1, 0.15) is 15.9 Å². The largest absolute Gasteiger partial charge is 0.366 e. The second-order valence-corrected chi connectivity index (χ2v) is 4.00. The Labute approximate surface area is 111 Å². The fourth-order valence-electron chi connectivity index (χ4n) is 1.22. The molecule has 0 aliphatic heterocycles. The minimum atomic E-state index is -0.330.